The van der Waals surface area contributed by atoms with Crippen molar-refractivity contribution in [1.82, 2.24) is 0 Å². The van der Waals surface area contributed by atoms with Crippen LogP contribution in [0.25, 0.3) is 0 Å². The highest BCUT2D eigenvalue weighted by atomic mass is 19.4. The molecule has 0 saturated heterocycles. The molecule has 3 rings (SSSR count). The van der Waals surface area contributed by atoms with E-state index in [1.54, 1.807) is 30.3 Å². The number of hydrogen-bond acceptors (Lipinski definition) is 7. The van der Waals surface area contributed by atoms with Gasteiger partial charge < -0.3 is 14.2 Å². The van der Waals surface area contributed by atoms with Crippen LogP contribution in [-0.2, 0) is 34.8 Å². The average molecular weight is 506 g/mol. The molecule has 0 heterocycles. The maximum absolute atomic E-state index is 13.2. The molecule has 1 aliphatic carbocycles. The third-order valence-electron chi connectivity index (χ3n) is 6.70. The number of ether oxygens (including phenoxy) is 3. The van der Waals surface area contributed by atoms with Gasteiger partial charge in [-0.05, 0) is 30.0 Å². The highest BCUT2D eigenvalue weighted by Crippen LogP contribution is 2.58. The summed E-state index contributed by atoms with van der Waals surface area (Å²) in [6.45, 7) is 0. The normalized spacial score (nSPS) is 20.9. The molecule has 0 aromatic heterocycles. The third kappa shape index (κ3) is 4.84. The van der Waals surface area contributed by atoms with Gasteiger partial charge in [-0.3, -0.25) is 19.2 Å². The van der Waals surface area contributed by atoms with Gasteiger partial charge in [0.15, 0.2) is 11.2 Å². The molecule has 1 saturated carbocycles. The Bertz CT molecular complexity index is 1110. The molecule has 1 fully saturated rings. The number of esters is 3. The van der Waals surface area contributed by atoms with Crippen LogP contribution in [0.1, 0.15) is 40.2 Å². The molecule has 36 heavy (non-hydrogen) atoms. The molecule has 0 N–H and O–H groups in total. The minimum absolute atomic E-state index is 0.101. The Morgan fingerprint density at radius 2 is 1.42 bits per heavy atom. The number of methoxy groups -OCH3 is 3. The topological polar surface area (TPSA) is 96.0 Å². The number of hydrogen-bond donors (Lipinski definition) is 0. The number of ketones is 1. The van der Waals surface area contributed by atoms with Gasteiger partial charge in [-0.2, -0.15) is 13.2 Å². The van der Waals surface area contributed by atoms with Crippen LogP contribution >= 0.6 is 0 Å². The summed E-state index contributed by atoms with van der Waals surface area (Å²) in [6.07, 6.45) is -5.16. The summed E-state index contributed by atoms with van der Waals surface area (Å²) in [7, 11) is 3.21. The summed E-state index contributed by atoms with van der Waals surface area (Å²) in [4.78, 5) is 52.4. The quantitative estimate of drug-likeness (QED) is 0.240. The maximum Gasteiger partial charge on any atom is 0.416 e. The molecule has 7 nitrogen and oxygen atoms in total. The van der Waals surface area contributed by atoms with Crippen molar-refractivity contribution in [3.63, 3.8) is 0 Å². The predicted molar refractivity (Wildman–Crippen MR) is 120 cm³/mol. The predicted octanol–water partition coefficient (Wildman–Crippen LogP) is 4.20. The van der Waals surface area contributed by atoms with Crippen LogP contribution in [0.4, 0.5) is 13.2 Å². The highest BCUT2D eigenvalue weighted by Gasteiger charge is 2.66. The monoisotopic (exact) mass is 506 g/mol. The van der Waals surface area contributed by atoms with Gasteiger partial charge in [0.25, 0.3) is 0 Å². The van der Waals surface area contributed by atoms with Crippen LogP contribution in [0.2, 0.25) is 0 Å². The lowest BCUT2D eigenvalue weighted by Gasteiger charge is -2.32. The SMILES string of the molecule is COC(=O)[C@@H]1[C@H](CC(=O)c2ccccc2)CC(C(=O)OC)(C(=O)OC)[C@H]1c1ccc(C(F)(F)F)cc1. The molecule has 2 aromatic carbocycles. The molecule has 10 heteroatoms. The van der Waals surface area contributed by atoms with Crippen molar-refractivity contribution in [1.29, 1.82) is 0 Å². The molecule has 2 aromatic rings. The van der Waals surface area contributed by atoms with Crippen molar-refractivity contribution < 1.29 is 46.6 Å². The van der Waals surface area contributed by atoms with Gasteiger partial charge in [0, 0.05) is 17.9 Å². The van der Waals surface area contributed by atoms with E-state index in [0.29, 0.717) is 5.56 Å². The lowest BCUT2D eigenvalue weighted by atomic mass is 9.71. The molecule has 0 amide bonds. The molecular weight excluding hydrogens is 481 g/mol. The van der Waals surface area contributed by atoms with Crippen molar-refractivity contribution >= 4 is 23.7 Å². The second-order valence-corrected chi connectivity index (χ2v) is 8.56. The number of carbonyl (C=O) groups excluding carboxylic acids is 4. The Morgan fingerprint density at radius 1 is 0.861 bits per heavy atom. The van der Waals surface area contributed by atoms with E-state index >= 15 is 0 Å². The van der Waals surface area contributed by atoms with E-state index in [4.69, 9.17) is 14.2 Å². The zero-order chi connectivity index (χ0) is 26.7. The minimum atomic E-state index is -4.62. The van der Waals surface area contributed by atoms with Gasteiger partial charge in [-0.1, -0.05) is 42.5 Å². The summed E-state index contributed by atoms with van der Waals surface area (Å²) in [5.74, 6) is -6.62. The molecule has 1 aliphatic rings. The van der Waals surface area contributed by atoms with Crippen LogP contribution in [0.3, 0.4) is 0 Å². The second kappa shape index (κ2) is 10.5. The first-order chi connectivity index (χ1) is 17.0. The zero-order valence-corrected chi connectivity index (χ0v) is 19.8. The van der Waals surface area contributed by atoms with E-state index in [-0.39, 0.29) is 24.2 Å². The largest absolute Gasteiger partial charge is 0.469 e. The van der Waals surface area contributed by atoms with Crippen LogP contribution < -0.4 is 0 Å². The standard InChI is InChI=1S/C26H25F3O7/c1-34-22(31)20-17(13-19(30)15-7-5-4-6-8-15)14-25(23(32)35-2,24(33)36-3)21(20)16-9-11-18(12-10-16)26(27,28)29/h4-12,17,20-21H,13-14H2,1-3H3/t17-,20-,21+/m1/s1. The smallest absolute Gasteiger partial charge is 0.416 e. The van der Waals surface area contributed by atoms with Gasteiger partial charge in [0.05, 0.1) is 32.8 Å². The van der Waals surface area contributed by atoms with E-state index in [0.717, 1.165) is 45.6 Å². The van der Waals surface area contributed by atoms with Gasteiger partial charge in [0.1, 0.15) is 0 Å². The molecule has 0 radical (unpaired) electrons. The fourth-order valence-corrected chi connectivity index (χ4v) is 5.13. The van der Waals surface area contributed by atoms with Gasteiger partial charge in [-0.15, -0.1) is 0 Å². The fourth-order valence-electron chi connectivity index (χ4n) is 5.13. The molecule has 0 spiro atoms. The fraction of sp³-hybridized carbons (Fsp3) is 0.385. The second-order valence-electron chi connectivity index (χ2n) is 8.56. The van der Waals surface area contributed by atoms with E-state index in [9.17, 15) is 32.3 Å². The summed E-state index contributed by atoms with van der Waals surface area (Å²) in [6, 6.07) is 12.0. The summed E-state index contributed by atoms with van der Waals surface area (Å²) >= 11 is 0. The Morgan fingerprint density at radius 3 is 1.89 bits per heavy atom. The highest BCUT2D eigenvalue weighted by molar-refractivity contribution is 6.03. The first kappa shape index (κ1) is 26.9. The number of benzene rings is 2. The van der Waals surface area contributed by atoms with Crippen molar-refractivity contribution in [2.75, 3.05) is 21.3 Å². The summed E-state index contributed by atoms with van der Waals surface area (Å²) in [5, 5.41) is 0. The molecular formula is C26H25F3O7. The van der Waals surface area contributed by atoms with E-state index in [1.807, 2.05) is 0 Å². The Labute approximate surface area is 205 Å². The molecule has 3 atom stereocenters. The lowest BCUT2D eigenvalue weighted by Crippen LogP contribution is -2.45. The third-order valence-corrected chi connectivity index (χ3v) is 6.70. The first-order valence-electron chi connectivity index (χ1n) is 11.0. The van der Waals surface area contributed by atoms with Crippen LogP contribution in [0.15, 0.2) is 54.6 Å². The van der Waals surface area contributed by atoms with Gasteiger partial charge in [-0.25, -0.2) is 0 Å². The Hall–Kier alpha value is -3.69. The van der Waals surface area contributed by atoms with Crippen molar-refractivity contribution in [3.05, 3.63) is 71.3 Å². The van der Waals surface area contributed by atoms with E-state index < -0.39 is 52.8 Å². The summed E-state index contributed by atoms with van der Waals surface area (Å²) in [5.41, 5.74) is -2.58. The number of alkyl halides is 3. The molecule has 0 unspecified atom stereocenters. The number of carbonyl (C=O) groups is 4. The van der Waals surface area contributed by atoms with Crippen molar-refractivity contribution in [3.8, 4) is 0 Å². The number of Topliss-reactive ketones (excluding diaryl/α,β-unsaturated/α-hetero) is 1. The lowest BCUT2D eigenvalue weighted by molar-refractivity contribution is -0.170. The van der Waals surface area contributed by atoms with E-state index in [1.165, 1.54) is 0 Å². The minimum Gasteiger partial charge on any atom is -0.469 e. The van der Waals surface area contributed by atoms with E-state index in [2.05, 4.69) is 0 Å². The first-order valence-corrected chi connectivity index (χ1v) is 11.0. The van der Waals surface area contributed by atoms with Crippen LogP contribution in [-0.4, -0.2) is 45.0 Å². The number of halogens is 3. The average Bonchev–Trinajstić information content (AvgIpc) is 3.22. The van der Waals surface area contributed by atoms with Crippen molar-refractivity contribution in [2.45, 2.75) is 24.9 Å². The summed E-state index contributed by atoms with van der Waals surface area (Å²) < 4.78 is 54.4. The van der Waals surface area contributed by atoms with Crippen LogP contribution in [0, 0.1) is 17.3 Å². The zero-order valence-electron chi connectivity index (χ0n) is 19.8. The van der Waals surface area contributed by atoms with Crippen LogP contribution in [0.5, 0.6) is 0 Å². The Kier molecular flexibility index (Phi) is 7.86. The molecule has 0 aliphatic heterocycles. The van der Waals surface area contributed by atoms with Gasteiger partial charge in [0.2, 0.25) is 0 Å². The van der Waals surface area contributed by atoms with Gasteiger partial charge >= 0.3 is 24.1 Å². The van der Waals surface area contributed by atoms with Crippen molar-refractivity contribution in [2.24, 2.45) is 17.3 Å². The number of rotatable bonds is 7. The maximum atomic E-state index is 13.2. The molecule has 192 valence electrons. The molecule has 0 bridgehead atoms. The Balaban J connectivity index is 2.19.